The van der Waals surface area contributed by atoms with Crippen molar-refractivity contribution in [2.45, 2.75) is 51.4 Å². The van der Waals surface area contributed by atoms with E-state index in [4.69, 9.17) is 4.52 Å². The van der Waals surface area contributed by atoms with Gasteiger partial charge < -0.3 is 9.42 Å². The lowest BCUT2D eigenvalue weighted by molar-refractivity contribution is -0.130. The molecule has 2 aromatic rings. The van der Waals surface area contributed by atoms with E-state index in [0.29, 0.717) is 30.6 Å². The molecule has 5 nitrogen and oxygen atoms in total. The summed E-state index contributed by atoms with van der Waals surface area (Å²) in [6.45, 7) is 3.65. The number of benzene rings is 1. The molecule has 1 saturated heterocycles. The summed E-state index contributed by atoms with van der Waals surface area (Å²) < 4.78 is 5.54. The molecule has 2 fully saturated rings. The summed E-state index contributed by atoms with van der Waals surface area (Å²) in [6.07, 6.45) is 7.01. The van der Waals surface area contributed by atoms with Crippen LogP contribution in [0.2, 0.25) is 0 Å². The van der Waals surface area contributed by atoms with Crippen LogP contribution in [-0.4, -0.2) is 34.0 Å². The number of amides is 1. The first kappa shape index (κ1) is 17.3. The highest BCUT2D eigenvalue weighted by molar-refractivity contribution is 5.76. The minimum absolute atomic E-state index is 0.135. The van der Waals surface area contributed by atoms with Gasteiger partial charge in [-0.1, -0.05) is 68.1 Å². The fraction of sp³-hybridized carbons (Fsp3) is 0.571. The topological polar surface area (TPSA) is 59.2 Å². The lowest BCUT2D eigenvalue weighted by atomic mass is 9.98. The molecule has 1 aromatic heterocycles. The largest absolute Gasteiger partial charge is 0.342 e. The van der Waals surface area contributed by atoms with E-state index >= 15 is 0 Å². The van der Waals surface area contributed by atoms with Crippen LogP contribution in [0.3, 0.4) is 0 Å². The average Bonchev–Trinajstić information content (AvgIpc) is 3.41. The van der Waals surface area contributed by atoms with Crippen molar-refractivity contribution in [1.82, 2.24) is 15.0 Å². The highest BCUT2D eigenvalue weighted by Crippen LogP contribution is 2.34. The van der Waals surface area contributed by atoms with Crippen molar-refractivity contribution >= 4 is 5.91 Å². The van der Waals surface area contributed by atoms with Crippen molar-refractivity contribution in [2.75, 3.05) is 13.1 Å². The van der Waals surface area contributed by atoms with Gasteiger partial charge in [-0.05, 0) is 18.3 Å². The van der Waals surface area contributed by atoms with Gasteiger partial charge in [0.2, 0.25) is 17.6 Å². The number of carbonyl (C=O) groups excluding carboxylic acids is 1. The first-order valence-corrected chi connectivity index (χ1v) is 9.87. The second kappa shape index (κ2) is 7.60. The van der Waals surface area contributed by atoms with E-state index in [1.165, 1.54) is 25.7 Å². The van der Waals surface area contributed by atoms with Crippen molar-refractivity contribution in [2.24, 2.45) is 11.8 Å². The number of hydrogen-bond donors (Lipinski definition) is 0. The summed E-state index contributed by atoms with van der Waals surface area (Å²) in [4.78, 5) is 19.2. The van der Waals surface area contributed by atoms with E-state index in [1.54, 1.807) is 0 Å². The van der Waals surface area contributed by atoms with E-state index in [-0.39, 0.29) is 11.8 Å². The molecular formula is C21H27N3O2. The van der Waals surface area contributed by atoms with Crippen LogP contribution in [0.5, 0.6) is 0 Å². The zero-order chi connectivity index (χ0) is 17.9. The van der Waals surface area contributed by atoms with Crippen LogP contribution in [0.4, 0.5) is 0 Å². The lowest BCUT2D eigenvalue weighted by Crippen LogP contribution is -2.29. The molecule has 2 atom stereocenters. The minimum Gasteiger partial charge on any atom is -0.342 e. The standard InChI is InChI=1S/C21H27N3O2/c1-15-13-24(19(25)12-11-16-7-5-6-8-16)14-18(15)21-22-20(23-26-21)17-9-3-2-4-10-17/h2-4,9-10,15-16,18H,5-8,11-14H2,1H3. The molecule has 2 unspecified atom stereocenters. The smallest absolute Gasteiger partial charge is 0.232 e. The van der Waals surface area contributed by atoms with Gasteiger partial charge in [-0.15, -0.1) is 0 Å². The molecule has 0 N–H and O–H groups in total. The van der Waals surface area contributed by atoms with Gasteiger partial charge in [0.1, 0.15) is 0 Å². The SMILES string of the molecule is CC1CN(C(=O)CCC2CCCC2)CC1c1nc(-c2ccccc2)no1. The van der Waals surface area contributed by atoms with Gasteiger partial charge in [0, 0.05) is 25.1 Å². The normalized spacial score (nSPS) is 23.7. The maximum absolute atomic E-state index is 12.6. The average molecular weight is 353 g/mol. The van der Waals surface area contributed by atoms with Gasteiger partial charge in [0.05, 0.1) is 5.92 Å². The molecule has 0 spiro atoms. The molecular weight excluding hydrogens is 326 g/mol. The predicted molar refractivity (Wildman–Crippen MR) is 99.4 cm³/mol. The number of rotatable bonds is 5. The van der Waals surface area contributed by atoms with Crippen molar-refractivity contribution in [3.63, 3.8) is 0 Å². The fourth-order valence-corrected chi connectivity index (χ4v) is 4.37. The summed E-state index contributed by atoms with van der Waals surface area (Å²) in [5.41, 5.74) is 0.956. The number of hydrogen-bond acceptors (Lipinski definition) is 4. The first-order valence-electron chi connectivity index (χ1n) is 9.87. The molecule has 1 aromatic carbocycles. The fourth-order valence-electron chi connectivity index (χ4n) is 4.37. The maximum Gasteiger partial charge on any atom is 0.232 e. The molecule has 2 heterocycles. The van der Waals surface area contributed by atoms with Gasteiger partial charge >= 0.3 is 0 Å². The van der Waals surface area contributed by atoms with E-state index in [1.807, 2.05) is 35.2 Å². The number of carbonyl (C=O) groups is 1. The van der Waals surface area contributed by atoms with Gasteiger partial charge in [-0.2, -0.15) is 4.98 Å². The molecule has 138 valence electrons. The highest BCUT2D eigenvalue weighted by atomic mass is 16.5. The third-order valence-electron chi connectivity index (χ3n) is 6.00. The van der Waals surface area contributed by atoms with Crippen molar-refractivity contribution in [1.29, 1.82) is 0 Å². The Morgan fingerprint density at radius 1 is 1.19 bits per heavy atom. The number of aromatic nitrogens is 2. The Hall–Kier alpha value is -2.17. The molecule has 1 amide bonds. The van der Waals surface area contributed by atoms with Crippen LogP contribution in [0.15, 0.2) is 34.9 Å². The van der Waals surface area contributed by atoms with E-state index in [0.717, 1.165) is 24.4 Å². The maximum atomic E-state index is 12.6. The van der Waals surface area contributed by atoms with E-state index < -0.39 is 0 Å². The Morgan fingerprint density at radius 2 is 1.96 bits per heavy atom. The van der Waals surface area contributed by atoms with Gasteiger partial charge in [0.15, 0.2) is 0 Å². The Labute approximate surface area is 154 Å². The summed E-state index contributed by atoms with van der Waals surface area (Å²) in [6, 6.07) is 9.86. The van der Waals surface area contributed by atoms with Crippen LogP contribution in [0, 0.1) is 11.8 Å². The van der Waals surface area contributed by atoms with Crippen molar-refractivity contribution < 1.29 is 9.32 Å². The first-order chi connectivity index (χ1) is 12.7. The molecule has 1 aliphatic carbocycles. The van der Waals surface area contributed by atoms with Gasteiger partial charge in [-0.3, -0.25) is 4.79 Å². The molecule has 0 radical (unpaired) electrons. The second-order valence-electron chi connectivity index (χ2n) is 7.89. The summed E-state index contributed by atoms with van der Waals surface area (Å²) in [7, 11) is 0. The third-order valence-corrected chi connectivity index (χ3v) is 6.00. The summed E-state index contributed by atoms with van der Waals surface area (Å²) in [5.74, 6) is 2.80. The molecule has 1 saturated carbocycles. The molecule has 2 aliphatic rings. The summed E-state index contributed by atoms with van der Waals surface area (Å²) >= 11 is 0. The predicted octanol–water partition coefficient (Wildman–Crippen LogP) is 4.27. The minimum atomic E-state index is 0.135. The molecule has 0 bridgehead atoms. The highest BCUT2D eigenvalue weighted by Gasteiger charge is 2.37. The Balaban J connectivity index is 1.37. The molecule has 5 heteroatoms. The van der Waals surface area contributed by atoms with Crippen LogP contribution in [0.1, 0.15) is 57.3 Å². The van der Waals surface area contributed by atoms with Crippen LogP contribution in [0.25, 0.3) is 11.4 Å². The number of nitrogens with zero attached hydrogens (tertiary/aromatic N) is 3. The van der Waals surface area contributed by atoms with Gasteiger partial charge in [0.25, 0.3) is 0 Å². The van der Waals surface area contributed by atoms with Crippen LogP contribution < -0.4 is 0 Å². The molecule has 26 heavy (non-hydrogen) atoms. The Kier molecular flexibility index (Phi) is 5.05. The molecule has 4 rings (SSSR count). The van der Waals surface area contributed by atoms with Crippen molar-refractivity contribution in [3.8, 4) is 11.4 Å². The number of likely N-dealkylation sites (tertiary alicyclic amines) is 1. The third kappa shape index (κ3) is 3.67. The van der Waals surface area contributed by atoms with E-state index in [2.05, 4.69) is 17.1 Å². The Morgan fingerprint density at radius 3 is 2.73 bits per heavy atom. The van der Waals surface area contributed by atoms with Crippen molar-refractivity contribution in [3.05, 3.63) is 36.2 Å². The van der Waals surface area contributed by atoms with Crippen LogP contribution in [-0.2, 0) is 4.79 Å². The lowest BCUT2D eigenvalue weighted by Gasteiger charge is -2.17. The summed E-state index contributed by atoms with van der Waals surface area (Å²) in [5, 5.41) is 4.13. The quantitative estimate of drug-likeness (QED) is 0.805. The van der Waals surface area contributed by atoms with Crippen LogP contribution >= 0.6 is 0 Å². The second-order valence-corrected chi connectivity index (χ2v) is 7.89. The van der Waals surface area contributed by atoms with Gasteiger partial charge in [-0.25, -0.2) is 0 Å². The zero-order valence-electron chi connectivity index (χ0n) is 15.4. The zero-order valence-corrected chi connectivity index (χ0v) is 15.4. The molecule has 1 aliphatic heterocycles. The Bertz CT molecular complexity index is 737. The van der Waals surface area contributed by atoms with E-state index in [9.17, 15) is 4.79 Å². The monoisotopic (exact) mass is 353 g/mol.